The van der Waals surface area contributed by atoms with E-state index >= 15 is 0 Å². The second-order valence-electron chi connectivity index (χ2n) is 8.05. The summed E-state index contributed by atoms with van der Waals surface area (Å²) in [4.78, 5) is 33.3. The van der Waals surface area contributed by atoms with Crippen LogP contribution in [-0.4, -0.2) is 50.3 Å². The Labute approximate surface area is 202 Å². The van der Waals surface area contributed by atoms with Gasteiger partial charge in [-0.2, -0.15) is 9.61 Å². The van der Waals surface area contributed by atoms with Crippen LogP contribution in [0.25, 0.3) is 11.3 Å². The van der Waals surface area contributed by atoms with Crippen molar-refractivity contribution in [3.63, 3.8) is 0 Å². The van der Waals surface area contributed by atoms with E-state index in [1.54, 1.807) is 50.8 Å². The van der Waals surface area contributed by atoms with Crippen molar-refractivity contribution in [2.24, 2.45) is 5.73 Å². The number of hydrogen-bond acceptors (Lipinski definition) is 8. The van der Waals surface area contributed by atoms with Crippen LogP contribution in [0.15, 0.2) is 53.7 Å². The van der Waals surface area contributed by atoms with Crippen molar-refractivity contribution in [1.29, 1.82) is 0 Å². The van der Waals surface area contributed by atoms with E-state index in [0.29, 0.717) is 29.1 Å². The number of nitrogens with two attached hydrogens (primary N) is 1. The molecule has 11 nitrogen and oxygen atoms in total. The maximum atomic E-state index is 13.0. The molecular formula is C24H28N8O3. The van der Waals surface area contributed by atoms with E-state index in [4.69, 9.17) is 10.5 Å². The Morgan fingerprint density at radius 3 is 2.66 bits per heavy atom. The van der Waals surface area contributed by atoms with Gasteiger partial charge in [0, 0.05) is 32.6 Å². The highest BCUT2D eigenvalue weighted by Crippen LogP contribution is 2.21. The molecule has 182 valence electrons. The summed E-state index contributed by atoms with van der Waals surface area (Å²) in [5.41, 5.74) is 7.34. The summed E-state index contributed by atoms with van der Waals surface area (Å²) < 4.78 is 7.96. The smallest absolute Gasteiger partial charge is 0.278 e. The number of primary amides is 1. The molecule has 0 unspecified atom stereocenters. The molecule has 1 amide bonds. The number of aryl methyl sites for hydroxylation is 1. The van der Waals surface area contributed by atoms with Crippen molar-refractivity contribution in [1.82, 2.24) is 24.1 Å². The number of ether oxygens (including phenoxy) is 1. The monoisotopic (exact) mass is 476 g/mol. The van der Waals surface area contributed by atoms with Crippen LogP contribution in [-0.2, 0) is 4.74 Å². The van der Waals surface area contributed by atoms with Gasteiger partial charge in [-0.1, -0.05) is 0 Å². The normalized spacial score (nSPS) is 13.0. The van der Waals surface area contributed by atoms with E-state index in [0.717, 1.165) is 5.69 Å². The summed E-state index contributed by atoms with van der Waals surface area (Å²) in [6.45, 7) is 1.83. The zero-order valence-electron chi connectivity index (χ0n) is 19.9. The Morgan fingerprint density at radius 2 is 2.06 bits per heavy atom. The number of fused-ring (bicyclic) bond motifs is 1. The van der Waals surface area contributed by atoms with Crippen LogP contribution in [0.1, 0.15) is 35.3 Å². The molecule has 35 heavy (non-hydrogen) atoms. The van der Waals surface area contributed by atoms with E-state index in [-0.39, 0.29) is 16.8 Å². The number of nitrogens with one attached hydrogen (secondary N) is 2. The van der Waals surface area contributed by atoms with Crippen LogP contribution in [0.4, 0.5) is 17.3 Å². The van der Waals surface area contributed by atoms with Crippen LogP contribution >= 0.6 is 0 Å². The third kappa shape index (κ3) is 4.99. The van der Waals surface area contributed by atoms with Crippen molar-refractivity contribution >= 4 is 28.9 Å². The summed E-state index contributed by atoms with van der Waals surface area (Å²) in [5.74, 6) is 0.299. The zero-order valence-corrected chi connectivity index (χ0v) is 19.9. The fourth-order valence-electron chi connectivity index (χ4n) is 3.63. The number of carbonyl (C=O) groups is 1. The molecule has 0 aromatic carbocycles. The molecule has 0 saturated heterocycles. The minimum Gasteiger partial charge on any atom is -0.381 e. The highest BCUT2D eigenvalue weighted by molar-refractivity contribution is 5.98. The Bertz CT molecular complexity index is 1400. The second-order valence-corrected chi connectivity index (χ2v) is 8.05. The van der Waals surface area contributed by atoms with Gasteiger partial charge in [0.15, 0.2) is 5.65 Å². The van der Waals surface area contributed by atoms with Crippen molar-refractivity contribution in [2.75, 3.05) is 24.8 Å². The van der Waals surface area contributed by atoms with Gasteiger partial charge in [-0.15, -0.1) is 0 Å². The van der Waals surface area contributed by atoms with Gasteiger partial charge >= 0.3 is 0 Å². The highest BCUT2D eigenvalue weighted by Gasteiger charge is 2.16. The van der Waals surface area contributed by atoms with Crippen LogP contribution < -0.4 is 21.9 Å². The third-order valence-electron chi connectivity index (χ3n) is 5.83. The molecule has 1 aliphatic carbocycles. The maximum Gasteiger partial charge on any atom is 0.278 e. The number of pyridine rings is 2. The quantitative estimate of drug-likeness (QED) is 0.386. The molecule has 0 spiro atoms. The van der Waals surface area contributed by atoms with Gasteiger partial charge in [0.05, 0.1) is 23.7 Å². The largest absolute Gasteiger partial charge is 0.381 e. The van der Waals surface area contributed by atoms with Crippen molar-refractivity contribution in [3.8, 4) is 5.69 Å². The van der Waals surface area contributed by atoms with Crippen LogP contribution in [0.5, 0.6) is 0 Å². The lowest BCUT2D eigenvalue weighted by atomic mass is 9.96. The molecule has 1 saturated carbocycles. The first-order valence-corrected chi connectivity index (χ1v) is 11.2. The number of hydrogen-bond donors (Lipinski definition) is 3. The Morgan fingerprint density at radius 1 is 1.26 bits per heavy atom. The van der Waals surface area contributed by atoms with Gasteiger partial charge in [0.25, 0.3) is 11.5 Å². The molecule has 1 aliphatic rings. The molecule has 1 fully saturated rings. The maximum absolute atomic E-state index is 13.0. The highest BCUT2D eigenvalue weighted by atomic mass is 16.5. The summed E-state index contributed by atoms with van der Waals surface area (Å²) in [5, 5.41) is 10.1. The van der Waals surface area contributed by atoms with Gasteiger partial charge < -0.3 is 21.1 Å². The van der Waals surface area contributed by atoms with E-state index in [9.17, 15) is 9.59 Å². The van der Waals surface area contributed by atoms with E-state index < -0.39 is 5.91 Å². The first kappa shape index (κ1) is 23.9. The number of rotatable bonds is 6. The van der Waals surface area contributed by atoms with Crippen molar-refractivity contribution < 1.29 is 9.53 Å². The number of carbonyl (C=O) groups excluding carboxylic acids is 1. The molecule has 11 heteroatoms. The Balaban J connectivity index is 0.000000421. The lowest BCUT2D eigenvalue weighted by Crippen LogP contribution is -2.21. The van der Waals surface area contributed by atoms with E-state index in [1.165, 1.54) is 34.5 Å². The standard InChI is InChI=1S/C19H18N8O2.C5H10O/c1-11-14(6-3-7-22-11)26-8-4-5-13(19(26)29)24-15-9-16(21-2)27-18(25-15)12(10-23-27)17(20)28;1-6-5-3-2-4-5/h3-10,21H,1-2H3,(H2,20,28)(H,24,25);5H,2-4H2,1H3. The average molecular weight is 477 g/mol. The molecule has 0 aliphatic heterocycles. The number of methoxy groups -OCH3 is 1. The SMILES string of the molecule is CNc1cc(Nc2cccn(-c3cccnc3C)c2=O)nc2c(C(N)=O)cnn12.COC1CCC1. The summed E-state index contributed by atoms with van der Waals surface area (Å²) in [6.07, 6.45) is 9.27. The van der Waals surface area contributed by atoms with Gasteiger partial charge in [-0.05, 0) is 50.5 Å². The predicted molar refractivity (Wildman–Crippen MR) is 134 cm³/mol. The van der Waals surface area contributed by atoms with Crippen LogP contribution in [0, 0.1) is 6.92 Å². The fraction of sp³-hybridized carbons (Fsp3) is 0.292. The number of aromatic nitrogens is 5. The first-order valence-electron chi connectivity index (χ1n) is 11.2. The second kappa shape index (κ2) is 10.3. The van der Waals surface area contributed by atoms with Crippen molar-refractivity contribution in [3.05, 3.63) is 70.5 Å². The molecule has 4 aromatic rings. The molecule has 5 rings (SSSR count). The summed E-state index contributed by atoms with van der Waals surface area (Å²) >= 11 is 0. The lowest BCUT2D eigenvalue weighted by Gasteiger charge is -2.22. The Hall–Kier alpha value is -4.25. The van der Waals surface area contributed by atoms with E-state index in [2.05, 4.69) is 25.7 Å². The molecule has 0 radical (unpaired) electrons. The molecule has 4 aromatic heterocycles. The fourth-order valence-corrected chi connectivity index (χ4v) is 3.63. The van der Waals surface area contributed by atoms with Crippen LogP contribution in [0.3, 0.4) is 0 Å². The van der Waals surface area contributed by atoms with E-state index in [1.807, 2.05) is 13.0 Å². The Kier molecular flexibility index (Phi) is 7.06. The topological polar surface area (TPSA) is 141 Å². The molecule has 4 heterocycles. The molecule has 0 atom stereocenters. The number of nitrogens with zero attached hydrogens (tertiary/aromatic N) is 5. The van der Waals surface area contributed by atoms with Crippen molar-refractivity contribution in [2.45, 2.75) is 32.3 Å². The zero-order chi connectivity index (χ0) is 24.9. The van der Waals surface area contributed by atoms with Gasteiger partial charge in [-0.3, -0.25) is 19.1 Å². The van der Waals surface area contributed by atoms with Gasteiger partial charge in [0.2, 0.25) is 0 Å². The lowest BCUT2D eigenvalue weighted by molar-refractivity contribution is 0.0412. The molecular weight excluding hydrogens is 448 g/mol. The first-order chi connectivity index (χ1) is 16.9. The average Bonchev–Trinajstić information content (AvgIpc) is 3.25. The van der Waals surface area contributed by atoms with Gasteiger partial charge in [-0.25, -0.2) is 4.98 Å². The van der Waals surface area contributed by atoms with Crippen LogP contribution in [0.2, 0.25) is 0 Å². The predicted octanol–water partition coefficient (Wildman–Crippen LogP) is 2.65. The molecule has 0 bridgehead atoms. The van der Waals surface area contributed by atoms with Gasteiger partial charge in [0.1, 0.15) is 22.9 Å². The third-order valence-corrected chi connectivity index (χ3v) is 5.83. The summed E-state index contributed by atoms with van der Waals surface area (Å²) in [6, 6.07) is 8.68. The molecule has 4 N–H and O–H groups in total. The minimum atomic E-state index is -0.638. The summed E-state index contributed by atoms with van der Waals surface area (Å²) in [7, 11) is 3.49. The number of anilines is 3. The minimum absolute atomic E-state index is 0.182. The number of amides is 1.